The molecule has 0 aliphatic carbocycles. The van der Waals surface area contributed by atoms with Crippen molar-refractivity contribution in [3.63, 3.8) is 0 Å². The van der Waals surface area contributed by atoms with E-state index in [1.807, 2.05) is 18.2 Å². The van der Waals surface area contributed by atoms with E-state index < -0.39 is 5.97 Å². The maximum Gasteiger partial charge on any atom is 0.376 e. The second-order valence-electron chi connectivity index (χ2n) is 4.44. The van der Waals surface area contributed by atoms with Gasteiger partial charge in [-0.25, -0.2) is 9.59 Å². The molecule has 0 bridgehead atoms. The summed E-state index contributed by atoms with van der Waals surface area (Å²) in [6, 6.07) is 9.08. The van der Waals surface area contributed by atoms with E-state index in [2.05, 4.69) is 15.4 Å². The summed E-state index contributed by atoms with van der Waals surface area (Å²) in [6.45, 7) is 0. The molecule has 2 N–H and O–H groups in total. The Morgan fingerprint density at radius 1 is 1.33 bits per heavy atom. The third-order valence-corrected chi connectivity index (χ3v) is 3.37. The predicted octanol–water partition coefficient (Wildman–Crippen LogP) is -0.739. The fraction of sp³-hybridized carbons (Fsp3) is 0.0769. The number of aliphatic imine (C=N–C) groups is 1. The number of likely N-dealkylation sites (N-methyl/N-ethyl adjacent to an activating group) is 1. The van der Waals surface area contributed by atoms with E-state index >= 15 is 0 Å². The Kier molecular flexibility index (Phi) is 3.34. The molecule has 0 radical (unpaired) electrons. The van der Waals surface area contributed by atoms with Gasteiger partial charge in [-0.15, -0.1) is 0 Å². The van der Waals surface area contributed by atoms with E-state index in [1.165, 1.54) is 11.1 Å². The predicted molar refractivity (Wildman–Crippen MR) is 77.2 cm³/mol. The number of carbonyl (C=O) groups is 2. The normalized spacial score (nSPS) is 23.8. The van der Waals surface area contributed by atoms with Gasteiger partial charge in [0.05, 0.1) is 0 Å². The zero-order valence-electron chi connectivity index (χ0n) is 11.0. The summed E-state index contributed by atoms with van der Waals surface area (Å²) in [5, 5.41) is 1.59. The van der Waals surface area contributed by atoms with E-state index in [1.54, 1.807) is 19.2 Å². The van der Waals surface area contributed by atoms with Crippen molar-refractivity contribution in [1.29, 1.82) is 0 Å². The van der Waals surface area contributed by atoms with E-state index in [0.29, 0.717) is 10.6 Å². The minimum atomic E-state index is -0.577. The number of hydrazine groups is 1. The van der Waals surface area contributed by atoms with Gasteiger partial charge in [-0.05, 0) is 0 Å². The van der Waals surface area contributed by atoms with Gasteiger partial charge in [-0.2, -0.15) is 9.89 Å². The first kappa shape index (κ1) is 13.6. The molecule has 1 aromatic rings. The minimum absolute atomic E-state index is 0.126. The van der Waals surface area contributed by atoms with Gasteiger partial charge in [0.2, 0.25) is 0 Å². The molecule has 106 valence electrons. The Labute approximate surface area is 125 Å². The standard InChI is InChI=1S/C13H10N4O3S/c1-16-10(12(19)20-15-16)7-9-11(18)17(13(21)14-9)8-5-3-2-4-6-8/h2-7,15H,1H3/p+1. The zero-order chi connectivity index (χ0) is 15.0. The lowest BCUT2D eigenvalue weighted by Crippen LogP contribution is -3.11. The second kappa shape index (κ2) is 5.17. The summed E-state index contributed by atoms with van der Waals surface area (Å²) in [5.74, 6) is -0.876. The average Bonchev–Trinajstić information content (AvgIpc) is 2.94. The van der Waals surface area contributed by atoms with Crippen molar-refractivity contribution in [3.05, 3.63) is 42.1 Å². The zero-order valence-corrected chi connectivity index (χ0v) is 11.8. The van der Waals surface area contributed by atoms with Crippen LogP contribution >= 0.6 is 12.2 Å². The van der Waals surface area contributed by atoms with Gasteiger partial charge in [0.15, 0.2) is 5.71 Å². The van der Waals surface area contributed by atoms with Crippen molar-refractivity contribution < 1.29 is 19.3 Å². The molecule has 0 aromatic heterocycles. The molecule has 1 atom stereocenters. The van der Waals surface area contributed by atoms with Crippen LogP contribution in [0.15, 0.2) is 47.1 Å². The number of quaternary nitrogens is 1. The van der Waals surface area contributed by atoms with E-state index in [0.717, 1.165) is 0 Å². The van der Waals surface area contributed by atoms with Crippen LogP contribution in [0.4, 0.5) is 5.69 Å². The van der Waals surface area contributed by atoms with Crippen molar-refractivity contribution >= 4 is 40.6 Å². The topological polar surface area (TPSA) is 75.4 Å². The molecule has 1 unspecified atom stereocenters. The molecular weight excluding hydrogens is 292 g/mol. The van der Waals surface area contributed by atoms with Crippen molar-refractivity contribution in [1.82, 2.24) is 10.6 Å². The fourth-order valence-electron chi connectivity index (χ4n) is 2.03. The Balaban J connectivity index is 1.92. The highest BCUT2D eigenvalue weighted by Crippen LogP contribution is 2.10. The first-order chi connectivity index (χ1) is 10.1. The minimum Gasteiger partial charge on any atom is -0.345 e. The molecule has 2 aliphatic heterocycles. The van der Waals surface area contributed by atoms with Crippen molar-refractivity contribution in [2.24, 2.45) is 4.99 Å². The molecule has 2 heterocycles. The number of para-hydroxylation sites is 1. The number of amides is 1. The van der Waals surface area contributed by atoms with E-state index in [9.17, 15) is 9.59 Å². The first-order valence-electron chi connectivity index (χ1n) is 6.10. The quantitative estimate of drug-likeness (QED) is 0.554. The fourth-order valence-corrected chi connectivity index (χ4v) is 2.34. The highest BCUT2D eigenvalue weighted by molar-refractivity contribution is 7.80. The number of hydrogen-bond donors (Lipinski definition) is 2. The van der Waals surface area contributed by atoms with Crippen molar-refractivity contribution in [2.75, 3.05) is 7.05 Å². The summed E-state index contributed by atoms with van der Waals surface area (Å²) in [5.41, 5.74) is 3.40. The third-order valence-electron chi connectivity index (χ3n) is 3.08. The van der Waals surface area contributed by atoms with Crippen molar-refractivity contribution in [2.45, 2.75) is 0 Å². The van der Waals surface area contributed by atoms with Gasteiger partial charge in [0.1, 0.15) is 11.4 Å². The smallest absolute Gasteiger partial charge is 0.345 e. The van der Waals surface area contributed by atoms with Gasteiger partial charge < -0.3 is 4.84 Å². The summed E-state index contributed by atoms with van der Waals surface area (Å²) < 4.78 is 0. The van der Waals surface area contributed by atoms with Crippen LogP contribution in [0, 0.1) is 0 Å². The van der Waals surface area contributed by atoms with Crippen LogP contribution in [0.3, 0.4) is 0 Å². The molecule has 21 heavy (non-hydrogen) atoms. The number of nitrogens with zero attached hydrogens (tertiary/aromatic N) is 2. The molecular formula is C13H11N4O3S+. The largest absolute Gasteiger partial charge is 0.376 e. The number of rotatable bonds is 2. The van der Waals surface area contributed by atoms with Gasteiger partial charge >= 0.3 is 17.0 Å². The number of carbonyl (C=O) groups excluding carboxylic acids is 2. The summed E-state index contributed by atoms with van der Waals surface area (Å²) in [6.07, 6.45) is 1.37. The summed E-state index contributed by atoms with van der Waals surface area (Å²) in [7, 11) is 1.59. The molecule has 1 saturated heterocycles. The van der Waals surface area contributed by atoms with Crippen LogP contribution < -0.4 is 10.5 Å². The monoisotopic (exact) mass is 303 g/mol. The highest BCUT2D eigenvalue weighted by atomic mass is 32.1. The number of benzene rings is 1. The molecule has 1 amide bonds. The van der Waals surface area contributed by atoms with Crippen LogP contribution in [0.2, 0.25) is 0 Å². The summed E-state index contributed by atoms with van der Waals surface area (Å²) in [4.78, 5) is 33.0. The van der Waals surface area contributed by atoms with Gasteiger partial charge in [-0.1, -0.05) is 23.8 Å². The number of thiocarbonyl (C=S) groups is 1. The first-order valence-corrected chi connectivity index (χ1v) is 6.51. The van der Waals surface area contributed by atoms with Crippen LogP contribution in [0.25, 0.3) is 0 Å². The lowest BCUT2D eigenvalue weighted by atomic mass is 10.2. The van der Waals surface area contributed by atoms with Crippen LogP contribution in [0.1, 0.15) is 0 Å². The lowest BCUT2D eigenvalue weighted by molar-refractivity contribution is -0.631. The van der Waals surface area contributed by atoms with E-state index in [-0.39, 0.29) is 22.4 Å². The molecule has 2 aliphatic rings. The molecule has 1 fully saturated rings. The Morgan fingerprint density at radius 3 is 2.67 bits per heavy atom. The maximum absolute atomic E-state index is 12.4. The number of hydrogen-bond acceptors (Lipinski definition) is 6. The summed E-state index contributed by atoms with van der Waals surface area (Å²) >= 11 is 5.16. The molecule has 7 nitrogen and oxygen atoms in total. The third kappa shape index (κ3) is 2.35. The molecule has 1 aromatic carbocycles. The lowest BCUT2D eigenvalue weighted by Gasteiger charge is -2.07. The molecule has 0 spiro atoms. The Bertz CT molecular complexity index is 699. The van der Waals surface area contributed by atoms with Gasteiger partial charge in [-0.3, -0.25) is 5.01 Å². The van der Waals surface area contributed by atoms with Gasteiger partial charge in [0.25, 0.3) is 0 Å². The molecule has 8 heteroatoms. The Morgan fingerprint density at radius 2 is 2.05 bits per heavy atom. The van der Waals surface area contributed by atoms with E-state index in [4.69, 9.17) is 12.2 Å². The highest BCUT2D eigenvalue weighted by Gasteiger charge is 2.39. The molecule has 3 rings (SSSR count). The Hall–Kier alpha value is -2.42. The van der Waals surface area contributed by atoms with Crippen molar-refractivity contribution in [3.8, 4) is 0 Å². The average molecular weight is 303 g/mol. The van der Waals surface area contributed by atoms with Crippen LogP contribution in [0.5, 0.6) is 0 Å². The second-order valence-corrected chi connectivity index (χ2v) is 4.83. The maximum atomic E-state index is 12.4. The van der Waals surface area contributed by atoms with Gasteiger partial charge in [0, 0.05) is 37.5 Å². The SMILES string of the molecule is CN1NOC(=O)C1=CC1=NC(=S)[NH+](c2ccccc2)C1=O. The molecule has 0 saturated carbocycles. The number of nitrogens with one attached hydrogen (secondary N) is 2. The van der Waals surface area contributed by atoms with Crippen LogP contribution in [-0.2, 0) is 14.4 Å². The van der Waals surface area contributed by atoms with Crippen LogP contribution in [-0.4, -0.2) is 34.8 Å².